The molecule has 0 radical (unpaired) electrons. The molecule has 33 heavy (non-hydrogen) atoms. The quantitative estimate of drug-likeness (QED) is 0.330. The Hall–Kier alpha value is -3.80. The van der Waals surface area contributed by atoms with Crippen molar-refractivity contribution in [1.82, 2.24) is 9.88 Å². The van der Waals surface area contributed by atoms with E-state index >= 15 is 0 Å². The van der Waals surface area contributed by atoms with Crippen LogP contribution in [-0.2, 0) is 16.1 Å². The number of carbonyl (C=O) groups is 2. The van der Waals surface area contributed by atoms with Gasteiger partial charge < -0.3 is 10.0 Å². The summed E-state index contributed by atoms with van der Waals surface area (Å²) in [4.78, 5) is 31.8. The number of aryl methyl sites for hydroxylation is 1. The Morgan fingerprint density at radius 1 is 1.12 bits per heavy atom. The number of ketones is 1. The smallest absolute Gasteiger partial charge is 0.295 e. The molecule has 0 spiro atoms. The van der Waals surface area contributed by atoms with E-state index in [-0.39, 0.29) is 23.4 Å². The Morgan fingerprint density at radius 2 is 1.85 bits per heavy atom. The maximum absolute atomic E-state index is 13.8. The third-order valence-corrected chi connectivity index (χ3v) is 5.97. The van der Waals surface area contributed by atoms with Crippen LogP contribution in [0.3, 0.4) is 0 Å². The molecule has 4 rings (SSSR count). The Labute approximate surface area is 192 Å². The summed E-state index contributed by atoms with van der Waals surface area (Å²) in [6.07, 6.45) is 3.28. The first-order valence-corrected chi connectivity index (χ1v) is 10.8. The number of amides is 1. The molecule has 1 fully saturated rings. The molecule has 5 nitrogen and oxygen atoms in total. The molecule has 168 valence electrons. The Balaban J connectivity index is 1.86. The number of pyridine rings is 1. The minimum atomic E-state index is -0.781. The first-order chi connectivity index (χ1) is 15.8. The van der Waals surface area contributed by atoms with E-state index in [1.807, 2.05) is 30.3 Å². The van der Waals surface area contributed by atoms with E-state index in [4.69, 9.17) is 0 Å². The van der Waals surface area contributed by atoms with Crippen molar-refractivity contribution in [2.45, 2.75) is 39.3 Å². The van der Waals surface area contributed by atoms with Gasteiger partial charge in [0.15, 0.2) is 0 Å². The fraction of sp³-hybridized carbons (Fsp3) is 0.222. The highest BCUT2D eigenvalue weighted by Gasteiger charge is 2.46. The number of benzene rings is 2. The zero-order valence-electron chi connectivity index (χ0n) is 18.7. The van der Waals surface area contributed by atoms with Crippen molar-refractivity contribution in [1.29, 1.82) is 0 Å². The lowest BCUT2D eigenvalue weighted by Crippen LogP contribution is -2.29. The lowest BCUT2D eigenvalue weighted by atomic mass is 9.93. The van der Waals surface area contributed by atoms with Crippen LogP contribution in [0.15, 0.2) is 72.6 Å². The van der Waals surface area contributed by atoms with Gasteiger partial charge in [0, 0.05) is 24.5 Å². The van der Waals surface area contributed by atoms with E-state index in [9.17, 15) is 19.1 Å². The molecule has 3 aromatic rings. The van der Waals surface area contributed by atoms with Gasteiger partial charge in [-0.15, -0.1) is 0 Å². The first kappa shape index (κ1) is 22.4. The number of aliphatic hydroxyl groups is 1. The van der Waals surface area contributed by atoms with Gasteiger partial charge in [-0.05, 0) is 59.4 Å². The van der Waals surface area contributed by atoms with Crippen LogP contribution in [-0.4, -0.2) is 26.7 Å². The number of halogens is 1. The van der Waals surface area contributed by atoms with Gasteiger partial charge in [-0.1, -0.05) is 44.2 Å². The van der Waals surface area contributed by atoms with E-state index in [0.717, 1.165) is 11.1 Å². The number of aromatic nitrogens is 1. The number of rotatable bonds is 5. The first-order valence-electron chi connectivity index (χ1n) is 10.8. The van der Waals surface area contributed by atoms with Gasteiger partial charge in [-0.2, -0.15) is 0 Å². The minimum Gasteiger partial charge on any atom is -0.507 e. The zero-order chi connectivity index (χ0) is 23.7. The highest BCUT2D eigenvalue weighted by atomic mass is 19.1. The van der Waals surface area contributed by atoms with Crippen LogP contribution in [0.2, 0.25) is 0 Å². The molecule has 0 aliphatic carbocycles. The van der Waals surface area contributed by atoms with Crippen LogP contribution < -0.4 is 0 Å². The molecule has 1 aliphatic rings. The molecular formula is C27H25FN2O3. The number of likely N-dealkylation sites (tertiary alicyclic amines) is 1. The monoisotopic (exact) mass is 444 g/mol. The third kappa shape index (κ3) is 4.29. The van der Waals surface area contributed by atoms with Crippen LogP contribution in [0.5, 0.6) is 0 Å². The van der Waals surface area contributed by atoms with Crippen LogP contribution >= 0.6 is 0 Å². The maximum Gasteiger partial charge on any atom is 0.295 e. The van der Waals surface area contributed by atoms with Crippen molar-refractivity contribution < 1.29 is 19.1 Å². The van der Waals surface area contributed by atoms with E-state index in [1.54, 1.807) is 25.4 Å². The summed E-state index contributed by atoms with van der Waals surface area (Å²) in [6, 6.07) is 14.6. The Morgan fingerprint density at radius 3 is 2.45 bits per heavy atom. The minimum absolute atomic E-state index is 0.00723. The largest absolute Gasteiger partial charge is 0.507 e. The predicted molar refractivity (Wildman–Crippen MR) is 124 cm³/mol. The molecule has 1 saturated heterocycles. The number of hydrogen-bond donors (Lipinski definition) is 1. The average Bonchev–Trinajstić information content (AvgIpc) is 3.06. The Bertz CT molecular complexity index is 1230. The molecule has 0 bridgehead atoms. The number of Topliss-reactive ketones (excluding diaryl/α,β-unsaturated/α-hetero) is 1. The lowest BCUT2D eigenvalue weighted by molar-refractivity contribution is -0.140. The maximum atomic E-state index is 13.8. The second kappa shape index (κ2) is 8.98. The summed E-state index contributed by atoms with van der Waals surface area (Å²) in [5, 5.41) is 11.1. The second-order valence-electron chi connectivity index (χ2n) is 8.57. The molecule has 2 heterocycles. The highest BCUT2D eigenvalue weighted by Crippen LogP contribution is 2.40. The van der Waals surface area contributed by atoms with Crippen molar-refractivity contribution in [2.24, 2.45) is 0 Å². The second-order valence-corrected chi connectivity index (χ2v) is 8.57. The predicted octanol–water partition coefficient (Wildman–Crippen LogP) is 5.27. The third-order valence-electron chi connectivity index (χ3n) is 5.97. The van der Waals surface area contributed by atoms with Gasteiger partial charge in [0.2, 0.25) is 0 Å². The van der Waals surface area contributed by atoms with Crippen LogP contribution in [0.25, 0.3) is 5.76 Å². The van der Waals surface area contributed by atoms with Gasteiger partial charge in [-0.25, -0.2) is 4.39 Å². The molecule has 2 aromatic carbocycles. The topological polar surface area (TPSA) is 70.5 Å². The van der Waals surface area contributed by atoms with Crippen LogP contribution in [0.1, 0.15) is 53.6 Å². The molecule has 1 unspecified atom stereocenters. The van der Waals surface area contributed by atoms with Crippen molar-refractivity contribution in [2.75, 3.05) is 0 Å². The molecular weight excluding hydrogens is 419 g/mol. The van der Waals surface area contributed by atoms with Gasteiger partial charge >= 0.3 is 0 Å². The molecule has 6 heteroatoms. The fourth-order valence-corrected chi connectivity index (χ4v) is 4.09. The lowest BCUT2D eigenvalue weighted by Gasteiger charge is -2.25. The fourth-order valence-electron chi connectivity index (χ4n) is 4.09. The zero-order valence-corrected chi connectivity index (χ0v) is 18.7. The summed E-state index contributed by atoms with van der Waals surface area (Å²) in [5.74, 6) is -1.87. The summed E-state index contributed by atoms with van der Waals surface area (Å²) < 4.78 is 13.8. The summed E-state index contributed by atoms with van der Waals surface area (Å²) in [7, 11) is 0. The van der Waals surface area contributed by atoms with Gasteiger partial charge in [0.05, 0.1) is 11.6 Å². The van der Waals surface area contributed by atoms with Crippen LogP contribution in [0, 0.1) is 12.7 Å². The molecule has 1 aliphatic heterocycles. The molecule has 1 N–H and O–H groups in total. The average molecular weight is 445 g/mol. The highest BCUT2D eigenvalue weighted by molar-refractivity contribution is 6.46. The number of aliphatic hydroxyl groups excluding tert-OH is 1. The van der Waals surface area contributed by atoms with Crippen LogP contribution in [0.4, 0.5) is 4.39 Å². The van der Waals surface area contributed by atoms with E-state index in [2.05, 4.69) is 18.8 Å². The SMILES string of the molecule is Cc1cc(/C(O)=C2/C(=O)C(=O)N(Cc3cccnc3)C2c2ccc(C(C)C)cc2)ccc1F. The van der Waals surface area contributed by atoms with Crippen molar-refractivity contribution >= 4 is 17.4 Å². The Kier molecular flexibility index (Phi) is 6.09. The number of carbonyl (C=O) groups excluding carboxylic acids is 2. The molecule has 0 saturated carbocycles. The van der Waals surface area contributed by atoms with Crippen molar-refractivity contribution in [3.63, 3.8) is 0 Å². The summed E-state index contributed by atoms with van der Waals surface area (Å²) >= 11 is 0. The van der Waals surface area contributed by atoms with E-state index in [0.29, 0.717) is 17.0 Å². The summed E-state index contributed by atoms with van der Waals surface area (Å²) in [6.45, 7) is 5.91. The van der Waals surface area contributed by atoms with Crippen molar-refractivity contribution in [3.8, 4) is 0 Å². The normalized spacial score (nSPS) is 17.7. The molecule has 1 atom stereocenters. The van der Waals surface area contributed by atoms with Gasteiger partial charge in [-0.3, -0.25) is 14.6 Å². The van der Waals surface area contributed by atoms with Gasteiger partial charge in [0.1, 0.15) is 11.6 Å². The van der Waals surface area contributed by atoms with Crippen molar-refractivity contribution in [3.05, 3.63) is 106 Å². The molecule has 1 aromatic heterocycles. The molecule has 1 amide bonds. The number of hydrogen-bond acceptors (Lipinski definition) is 4. The van der Waals surface area contributed by atoms with E-state index in [1.165, 1.54) is 23.1 Å². The van der Waals surface area contributed by atoms with Gasteiger partial charge in [0.25, 0.3) is 11.7 Å². The number of nitrogens with zero attached hydrogens (tertiary/aromatic N) is 2. The van der Waals surface area contributed by atoms with E-state index < -0.39 is 23.5 Å². The summed E-state index contributed by atoms with van der Waals surface area (Å²) in [5.41, 5.74) is 3.21. The standard InChI is InChI=1S/C27H25FN2O3/c1-16(2)19-6-8-20(9-7-19)24-23(25(31)21-10-11-22(28)17(3)13-21)26(32)27(33)30(24)15-18-5-4-12-29-14-18/h4-14,16,24,31H,15H2,1-3H3/b25-23-.